The average molecular weight is 269 g/mol. The van der Waals surface area contributed by atoms with Gasteiger partial charge in [0, 0.05) is 25.7 Å². The number of guanidine groups is 1. The van der Waals surface area contributed by atoms with E-state index in [-0.39, 0.29) is 0 Å². The standard InChI is InChI=1S/C13H17F2N3O/c14-11-7-10(8-12(15)9-11)1-2-17-13(16)18-3-5-19-6-4-18/h7-9H,1-6H2,(H2,16,17). The van der Waals surface area contributed by atoms with Crippen molar-refractivity contribution in [3.05, 3.63) is 35.4 Å². The maximum absolute atomic E-state index is 13.0. The smallest absolute Gasteiger partial charge is 0.191 e. The molecule has 4 nitrogen and oxygen atoms in total. The first-order valence-electron chi connectivity index (χ1n) is 6.23. The SMILES string of the molecule is NC(=NCCc1cc(F)cc(F)c1)N1CCOCC1. The Morgan fingerprint density at radius 3 is 2.47 bits per heavy atom. The summed E-state index contributed by atoms with van der Waals surface area (Å²) >= 11 is 0. The Morgan fingerprint density at radius 2 is 1.84 bits per heavy atom. The summed E-state index contributed by atoms with van der Waals surface area (Å²) in [6, 6.07) is 3.47. The molecule has 0 saturated carbocycles. The molecule has 6 heteroatoms. The fourth-order valence-electron chi connectivity index (χ4n) is 1.95. The van der Waals surface area contributed by atoms with Crippen molar-refractivity contribution < 1.29 is 13.5 Å². The molecule has 0 aliphatic carbocycles. The summed E-state index contributed by atoms with van der Waals surface area (Å²) in [6.07, 6.45) is 0.458. The van der Waals surface area contributed by atoms with Crippen LogP contribution in [0.5, 0.6) is 0 Å². The molecule has 0 aromatic heterocycles. The van der Waals surface area contributed by atoms with Crippen molar-refractivity contribution in [2.75, 3.05) is 32.8 Å². The average Bonchev–Trinajstić information content (AvgIpc) is 2.38. The number of benzene rings is 1. The highest BCUT2D eigenvalue weighted by atomic mass is 19.1. The molecule has 1 saturated heterocycles. The fraction of sp³-hybridized carbons (Fsp3) is 0.462. The van der Waals surface area contributed by atoms with Crippen molar-refractivity contribution in [3.63, 3.8) is 0 Å². The molecule has 1 aliphatic heterocycles. The number of halogens is 2. The normalized spacial score (nSPS) is 16.7. The molecule has 1 fully saturated rings. The Kier molecular flexibility index (Phi) is 4.68. The van der Waals surface area contributed by atoms with Gasteiger partial charge in [-0.25, -0.2) is 8.78 Å². The third kappa shape index (κ3) is 4.17. The topological polar surface area (TPSA) is 50.8 Å². The minimum atomic E-state index is -0.569. The summed E-state index contributed by atoms with van der Waals surface area (Å²) in [5, 5.41) is 0. The quantitative estimate of drug-likeness (QED) is 0.661. The molecule has 0 amide bonds. The predicted octanol–water partition coefficient (Wildman–Crippen LogP) is 1.15. The van der Waals surface area contributed by atoms with Crippen LogP contribution in [0.1, 0.15) is 5.56 Å². The third-order valence-electron chi connectivity index (χ3n) is 2.93. The molecule has 0 radical (unpaired) electrons. The van der Waals surface area contributed by atoms with E-state index >= 15 is 0 Å². The number of nitrogens with two attached hydrogens (primary N) is 1. The Labute approximate surface area is 110 Å². The van der Waals surface area contributed by atoms with Crippen LogP contribution in [-0.4, -0.2) is 43.7 Å². The van der Waals surface area contributed by atoms with E-state index in [2.05, 4.69) is 4.99 Å². The van der Waals surface area contributed by atoms with Gasteiger partial charge in [0.15, 0.2) is 5.96 Å². The molecule has 19 heavy (non-hydrogen) atoms. The molecule has 1 aliphatic rings. The number of morpholine rings is 1. The lowest BCUT2D eigenvalue weighted by molar-refractivity contribution is 0.0674. The van der Waals surface area contributed by atoms with E-state index in [0.29, 0.717) is 37.7 Å². The molecule has 0 bridgehead atoms. The van der Waals surface area contributed by atoms with Gasteiger partial charge in [0.2, 0.25) is 0 Å². The van der Waals surface area contributed by atoms with Crippen LogP contribution in [0, 0.1) is 11.6 Å². The number of ether oxygens (including phenoxy) is 1. The number of hydrogen-bond acceptors (Lipinski definition) is 2. The first kappa shape index (κ1) is 13.7. The van der Waals surface area contributed by atoms with Crippen molar-refractivity contribution in [3.8, 4) is 0 Å². The molecule has 2 N–H and O–H groups in total. The van der Waals surface area contributed by atoms with Crippen LogP contribution < -0.4 is 5.73 Å². The molecule has 1 aromatic carbocycles. The largest absolute Gasteiger partial charge is 0.378 e. The van der Waals surface area contributed by atoms with Crippen molar-refractivity contribution in [1.82, 2.24) is 4.90 Å². The summed E-state index contributed by atoms with van der Waals surface area (Å²) in [5.41, 5.74) is 6.42. The van der Waals surface area contributed by atoms with Crippen LogP contribution in [0.2, 0.25) is 0 Å². The first-order chi connectivity index (χ1) is 9.15. The second-order valence-corrected chi connectivity index (χ2v) is 4.37. The van der Waals surface area contributed by atoms with E-state index in [0.717, 1.165) is 19.2 Å². The van der Waals surface area contributed by atoms with Gasteiger partial charge in [-0.3, -0.25) is 4.99 Å². The highest BCUT2D eigenvalue weighted by Crippen LogP contribution is 2.08. The van der Waals surface area contributed by atoms with Gasteiger partial charge >= 0.3 is 0 Å². The molecule has 0 atom stereocenters. The van der Waals surface area contributed by atoms with E-state index in [1.807, 2.05) is 4.90 Å². The maximum Gasteiger partial charge on any atom is 0.191 e. The monoisotopic (exact) mass is 269 g/mol. The van der Waals surface area contributed by atoms with Crippen LogP contribution in [0.4, 0.5) is 8.78 Å². The van der Waals surface area contributed by atoms with E-state index in [1.54, 1.807) is 0 Å². The maximum atomic E-state index is 13.0. The van der Waals surface area contributed by atoms with E-state index < -0.39 is 11.6 Å². The Balaban J connectivity index is 1.87. The van der Waals surface area contributed by atoms with Gasteiger partial charge in [-0.05, 0) is 24.1 Å². The van der Waals surface area contributed by atoms with Crippen LogP contribution >= 0.6 is 0 Å². The van der Waals surface area contributed by atoms with Gasteiger partial charge in [0.25, 0.3) is 0 Å². The van der Waals surface area contributed by atoms with Gasteiger partial charge < -0.3 is 15.4 Å². The van der Waals surface area contributed by atoms with Gasteiger partial charge in [-0.15, -0.1) is 0 Å². The second kappa shape index (κ2) is 6.47. The zero-order valence-corrected chi connectivity index (χ0v) is 10.6. The van der Waals surface area contributed by atoms with Crippen molar-refractivity contribution >= 4 is 5.96 Å². The van der Waals surface area contributed by atoms with Crippen molar-refractivity contribution in [2.24, 2.45) is 10.7 Å². The Morgan fingerprint density at radius 1 is 1.21 bits per heavy atom. The van der Waals surface area contributed by atoms with Gasteiger partial charge in [-0.2, -0.15) is 0 Å². The van der Waals surface area contributed by atoms with E-state index in [4.69, 9.17) is 10.5 Å². The fourth-order valence-corrected chi connectivity index (χ4v) is 1.95. The minimum absolute atomic E-state index is 0.409. The number of hydrogen-bond donors (Lipinski definition) is 1. The Bertz CT molecular complexity index is 439. The summed E-state index contributed by atoms with van der Waals surface area (Å²) < 4.78 is 31.2. The summed E-state index contributed by atoms with van der Waals surface area (Å²) in [5.74, 6) is -0.680. The van der Waals surface area contributed by atoms with Gasteiger partial charge in [0.1, 0.15) is 11.6 Å². The lowest BCUT2D eigenvalue weighted by atomic mass is 10.1. The summed E-state index contributed by atoms with van der Waals surface area (Å²) in [7, 11) is 0. The Hall–Kier alpha value is -1.69. The number of aliphatic imine (C=N–C) groups is 1. The molecule has 104 valence electrons. The second-order valence-electron chi connectivity index (χ2n) is 4.37. The molecule has 2 rings (SSSR count). The highest BCUT2D eigenvalue weighted by Gasteiger charge is 2.11. The molecule has 0 unspecified atom stereocenters. The lowest BCUT2D eigenvalue weighted by Crippen LogP contribution is -2.44. The van der Waals surface area contributed by atoms with Gasteiger partial charge in [0.05, 0.1) is 13.2 Å². The molecular formula is C13H17F2N3O. The molecule has 1 aromatic rings. The molecule has 0 spiro atoms. The zero-order chi connectivity index (χ0) is 13.7. The molecular weight excluding hydrogens is 252 g/mol. The van der Waals surface area contributed by atoms with Crippen LogP contribution in [0.3, 0.4) is 0 Å². The van der Waals surface area contributed by atoms with Crippen LogP contribution in [0.25, 0.3) is 0 Å². The first-order valence-corrected chi connectivity index (χ1v) is 6.23. The number of rotatable bonds is 3. The summed E-state index contributed by atoms with van der Waals surface area (Å²) in [4.78, 5) is 6.16. The minimum Gasteiger partial charge on any atom is -0.378 e. The predicted molar refractivity (Wildman–Crippen MR) is 68.9 cm³/mol. The highest BCUT2D eigenvalue weighted by molar-refractivity contribution is 5.78. The van der Waals surface area contributed by atoms with Crippen molar-refractivity contribution in [2.45, 2.75) is 6.42 Å². The van der Waals surface area contributed by atoms with Crippen LogP contribution in [0.15, 0.2) is 23.2 Å². The van der Waals surface area contributed by atoms with Crippen LogP contribution in [-0.2, 0) is 11.2 Å². The van der Waals surface area contributed by atoms with E-state index in [9.17, 15) is 8.78 Å². The lowest BCUT2D eigenvalue weighted by Gasteiger charge is -2.27. The number of nitrogens with zero attached hydrogens (tertiary/aromatic N) is 2. The van der Waals surface area contributed by atoms with Gasteiger partial charge in [-0.1, -0.05) is 0 Å². The van der Waals surface area contributed by atoms with E-state index in [1.165, 1.54) is 12.1 Å². The third-order valence-corrected chi connectivity index (χ3v) is 2.93. The molecule has 1 heterocycles. The van der Waals surface area contributed by atoms with Crippen molar-refractivity contribution in [1.29, 1.82) is 0 Å². The zero-order valence-electron chi connectivity index (χ0n) is 10.6. The summed E-state index contributed by atoms with van der Waals surface area (Å²) in [6.45, 7) is 3.15.